The van der Waals surface area contributed by atoms with Crippen LogP contribution in [-0.2, 0) is 0 Å². The number of hydrogen-bond donors (Lipinski definition) is 1. The maximum Gasteiger partial charge on any atom is 0.295 e. The van der Waals surface area contributed by atoms with Gasteiger partial charge in [-0.2, -0.15) is 0 Å². The zero-order valence-electron chi connectivity index (χ0n) is 15.6. The third-order valence-electron chi connectivity index (χ3n) is 4.37. The molecule has 2 heterocycles. The van der Waals surface area contributed by atoms with Crippen LogP contribution in [0.2, 0.25) is 0 Å². The van der Waals surface area contributed by atoms with E-state index in [0.717, 1.165) is 4.88 Å². The van der Waals surface area contributed by atoms with E-state index < -0.39 is 16.6 Å². The van der Waals surface area contributed by atoms with Gasteiger partial charge >= 0.3 is 0 Å². The largest absolute Gasteiger partial charge is 0.319 e. The molecule has 0 bridgehead atoms. The van der Waals surface area contributed by atoms with Crippen LogP contribution in [0.5, 0.6) is 0 Å². The molecule has 4 aromatic rings. The number of nitro groups is 1. The molecule has 2 aromatic carbocycles. The highest BCUT2D eigenvalue weighted by molar-refractivity contribution is 7.13. The molecular formula is C20H14FN5O3S. The number of thiophene rings is 1. The molecule has 0 aliphatic rings. The summed E-state index contributed by atoms with van der Waals surface area (Å²) in [5, 5.41) is 19.9. The predicted octanol–water partition coefficient (Wildman–Crippen LogP) is 4.60. The van der Waals surface area contributed by atoms with Gasteiger partial charge in [-0.3, -0.25) is 14.9 Å². The normalized spacial score (nSPS) is 10.7. The number of rotatable bonds is 5. The Morgan fingerprint density at radius 3 is 2.60 bits per heavy atom. The lowest BCUT2D eigenvalue weighted by molar-refractivity contribution is -0.385. The van der Waals surface area contributed by atoms with Crippen molar-refractivity contribution in [2.24, 2.45) is 0 Å². The van der Waals surface area contributed by atoms with Crippen LogP contribution in [0.25, 0.3) is 16.4 Å². The Balaban J connectivity index is 1.72. The van der Waals surface area contributed by atoms with Gasteiger partial charge < -0.3 is 5.32 Å². The van der Waals surface area contributed by atoms with Crippen molar-refractivity contribution in [2.45, 2.75) is 6.92 Å². The van der Waals surface area contributed by atoms with Gasteiger partial charge in [-0.05, 0) is 48.7 Å². The number of carbonyl (C=O) groups is 1. The first-order valence-corrected chi connectivity index (χ1v) is 9.64. The molecule has 0 spiro atoms. The first kappa shape index (κ1) is 19.4. The third kappa shape index (κ3) is 3.67. The Morgan fingerprint density at radius 1 is 1.17 bits per heavy atom. The number of halogens is 1. The van der Waals surface area contributed by atoms with Gasteiger partial charge in [-0.1, -0.05) is 12.1 Å². The van der Waals surface area contributed by atoms with Gasteiger partial charge in [0.25, 0.3) is 11.6 Å². The monoisotopic (exact) mass is 423 g/mol. The van der Waals surface area contributed by atoms with Gasteiger partial charge in [0.1, 0.15) is 5.82 Å². The molecule has 1 amide bonds. The molecule has 2 aromatic heterocycles. The summed E-state index contributed by atoms with van der Waals surface area (Å²) in [7, 11) is 0. The highest BCUT2D eigenvalue weighted by atomic mass is 32.1. The minimum Gasteiger partial charge on any atom is -0.319 e. The molecule has 10 heteroatoms. The van der Waals surface area contributed by atoms with Crippen molar-refractivity contribution in [3.63, 3.8) is 0 Å². The molecular weight excluding hydrogens is 409 g/mol. The molecule has 0 fully saturated rings. The second-order valence-corrected chi connectivity index (χ2v) is 7.23. The summed E-state index contributed by atoms with van der Waals surface area (Å²) in [5.41, 5.74) is 1.06. The van der Waals surface area contributed by atoms with Crippen molar-refractivity contribution >= 4 is 28.6 Å². The lowest BCUT2D eigenvalue weighted by Gasteiger charge is -2.06. The fraction of sp³-hybridized carbons (Fsp3) is 0.0500. The van der Waals surface area contributed by atoms with E-state index in [0.29, 0.717) is 22.8 Å². The molecule has 30 heavy (non-hydrogen) atoms. The van der Waals surface area contributed by atoms with Crippen molar-refractivity contribution in [3.05, 3.63) is 87.3 Å². The Hall–Kier alpha value is -3.92. The molecule has 4 rings (SSSR count). The minimum absolute atomic E-state index is 0.100. The fourth-order valence-electron chi connectivity index (χ4n) is 2.87. The Morgan fingerprint density at radius 2 is 1.93 bits per heavy atom. The van der Waals surface area contributed by atoms with E-state index in [9.17, 15) is 19.3 Å². The third-order valence-corrected chi connectivity index (χ3v) is 5.24. The standard InChI is InChI=1S/C20H14FN5O3S/c1-12-15(4-2-5-16(12)26(28)29)22-20(27)18-23-19(17-6-3-11-30-17)25(24-18)14-9-7-13(21)8-10-14/h2-11H,1H3,(H,22,27). The summed E-state index contributed by atoms with van der Waals surface area (Å²) in [6.45, 7) is 1.55. The zero-order valence-corrected chi connectivity index (χ0v) is 16.4. The summed E-state index contributed by atoms with van der Waals surface area (Å²) in [5.74, 6) is -0.695. The molecule has 0 radical (unpaired) electrons. The predicted molar refractivity (Wildman–Crippen MR) is 110 cm³/mol. The summed E-state index contributed by atoms with van der Waals surface area (Å²) in [6.07, 6.45) is 0. The molecule has 1 N–H and O–H groups in total. The van der Waals surface area contributed by atoms with Crippen LogP contribution >= 0.6 is 11.3 Å². The van der Waals surface area contributed by atoms with Crippen molar-refractivity contribution in [2.75, 3.05) is 5.32 Å². The fourth-order valence-corrected chi connectivity index (χ4v) is 3.57. The van der Waals surface area contributed by atoms with E-state index >= 15 is 0 Å². The van der Waals surface area contributed by atoms with E-state index in [2.05, 4.69) is 15.4 Å². The zero-order chi connectivity index (χ0) is 21.3. The highest BCUT2D eigenvalue weighted by Gasteiger charge is 2.21. The van der Waals surface area contributed by atoms with Crippen LogP contribution < -0.4 is 5.32 Å². The van der Waals surface area contributed by atoms with E-state index in [1.807, 2.05) is 17.5 Å². The van der Waals surface area contributed by atoms with Crippen molar-refractivity contribution in [1.82, 2.24) is 14.8 Å². The second-order valence-electron chi connectivity index (χ2n) is 6.29. The van der Waals surface area contributed by atoms with Crippen LogP contribution in [-0.4, -0.2) is 25.6 Å². The van der Waals surface area contributed by atoms with Gasteiger partial charge in [-0.15, -0.1) is 16.4 Å². The Bertz CT molecular complexity index is 1240. The van der Waals surface area contributed by atoms with Gasteiger partial charge in [0.2, 0.25) is 5.82 Å². The lowest BCUT2D eigenvalue weighted by atomic mass is 10.1. The van der Waals surface area contributed by atoms with Crippen molar-refractivity contribution in [3.8, 4) is 16.4 Å². The molecule has 0 aliphatic heterocycles. The first-order valence-electron chi connectivity index (χ1n) is 8.76. The second kappa shape index (κ2) is 7.84. The molecule has 0 unspecified atom stereocenters. The average Bonchev–Trinajstić information content (AvgIpc) is 3.39. The molecule has 0 saturated heterocycles. The summed E-state index contributed by atoms with van der Waals surface area (Å²) in [6, 6.07) is 13.8. The first-order chi connectivity index (χ1) is 14.4. The molecule has 0 saturated carbocycles. The van der Waals surface area contributed by atoms with Crippen LogP contribution in [0.1, 0.15) is 16.2 Å². The summed E-state index contributed by atoms with van der Waals surface area (Å²) >= 11 is 1.42. The molecule has 0 atom stereocenters. The minimum atomic E-state index is -0.614. The Kier molecular flexibility index (Phi) is 5.07. The Labute approximate surface area is 173 Å². The molecule has 150 valence electrons. The lowest BCUT2D eigenvalue weighted by Crippen LogP contribution is -2.15. The number of nitrogens with one attached hydrogen (secondary N) is 1. The molecule has 0 aliphatic carbocycles. The topological polar surface area (TPSA) is 103 Å². The summed E-state index contributed by atoms with van der Waals surface area (Å²) in [4.78, 5) is 28.5. The van der Waals surface area contributed by atoms with Crippen molar-refractivity contribution < 1.29 is 14.1 Å². The maximum absolute atomic E-state index is 13.3. The maximum atomic E-state index is 13.3. The van der Waals surface area contributed by atoms with E-state index in [-0.39, 0.29) is 11.5 Å². The number of benzene rings is 2. The number of nitrogens with zero attached hydrogens (tertiary/aromatic N) is 4. The number of carbonyl (C=O) groups excluding carboxylic acids is 1. The van der Waals surface area contributed by atoms with Gasteiger partial charge in [0.05, 0.1) is 26.7 Å². The number of hydrogen-bond acceptors (Lipinski definition) is 6. The van der Waals surface area contributed by atoms with E-state index in [1.54, 1.807) is 13.0 Å². The highest BCUT2D eigenvalue weighted by Crippen LogP contribution is 2.27. The van der Waals surface area contributed by atoms with Gasteiger partial charge in [0.15, 0.2) is 5.82 Å². The van der Waals surface area contributed by atoms with E-state index in [4.69, 9.17) is 0 Å². The van der Waals surface area contributed by atoms with Crippen LogP contribution in [0, 0.1) is 22.9 Å². The van der Waals surface area contributed by atoms with Gasteiger partial charge in [0, 0.05) is 6.07 Å². The number of nitro benzene ring substituents is 1. The van der Waals surface area contributed by atoms with Gasteiger partial charge in [-0.25, -0.2) is 14.1 Å². The van der Waals surface area contributed by atoms with Crippen LogP contribution in [0.4, 0.5) is 15.8 Å². The van der Waals surface area contributed by atoms with Crippen LogP contribution in [0.15, 0.2) is 60.0 Å². The SMILES string of the molecule is Cc1c(NC(=O)c2nc(-c3cccs3)n(-c3ccc(F)cc3)n2)cccc1[N+](=O)[O-]. The number of aromatic nitrogens is 3. The smallest absolute Gasteiger partial charge is 0.295 e. The quantitative estimate of drug-likeness (QED) is 0.373. The number of anilines is 1. The summed E-state index contributed by atoms with van der Waals surface area (Å²) < 4.78 is 14.8. The average molecular weight is 423 g/mol. The van der Waals surface area contributed by atoms with Crippen LogP contribution in [0.3, 0.4) is 0 Å². The molecule has 8 nitrogen and oxygen atoms in total. The van der Waals surface area contributed by atoms with E-state index in [1.165, 1.54) is 52.4 Å². The van der Waals surface area contributed by atoms with Crippen molar-refractivity contribution in [1.29, 1.82) is 0 Å². The number of amides is 1.